The maximum absolute atomic E-state index is 15.2. The van der Waals surface area contributed by atoms with Crippen molar-refractivity contribution in [2.24, 2.45) is 0 Å². The molecule has 0 unspecified atom stereocenters. The predicted molar refractivity (Wildman–Crippen MR) is 120 cm³/mol. The van der Waals surface area contributed by atoms with Crippen LogP contribution < -0.4 is 24.4 Å². The second kappa shape index (κ2) is 9.17. The van der Waals surface area contributed by atoms with Gasteiger partial charge in [0.2, 0.25) is 0 Å². The van der Waals surface area contributed by atoms with Crippen LogP contribution in [0.2, 0.25) is 0 Å². The molecule has 3 rings (SSSR count). The molecule has 1 aliphatic rings. The summed E-state index contributed by atoms with van der Waals surface area (Å²) in [6, 6.07) is 4.55. The van der Waals surface area contributed by atoms with Gasteiger partial charge in [-0.2, -0.15) is 0 Å². The molecule has 0 radical (unpaired) electrons. The van der Waals surface area contributed by atoms with Crippen LogP contribution in [-0.4, -0.2) is 49.8 Å². The van der Waals surface area contributed by atoms with Gasteiger partial charge in [-0.05, 0) is 52.8 Å². The second-order valence-electron chi connectivity index (χ2n) is 8.61. The zero-order valence-electron chi connectivity index (χ0n) is 19.9. The molecule has 0 bridgehead atoms. The lowest BCUT2D eigenvalue weighted by atomic mass is 10.0. The summed E-state index contributed by atoms with van der Waals surface area (Å²) in [5, 5.41) is 1.10. The Hall–Kier alpha value is -3.49. The summed E-state index contributed by atoms with van der Waals surface area (Å²) >= 11 is 0. The summed E-state index contributed by atoms with van der Waals surface area (Å²) in [5.74, 6) is -0.888. The van der Waals surface area contributed by atoms with Gasteiger partial charge in [-0.1, -0.05) is 0 Å². The molecule has 8 nitrogen and oxygen atoms in total. The molecule has 2 aromatic carbocycles. The number of nitrogens with one attached hydrogen (secondary N) is 1. The third-order valence-corrected chi connectivity index (χ3v) is 5.36. The minimum Gasteiger partial charge on any atom is -0.496 e. The molecule has 33 heavy (non-hydrogen) atoms. The fourth-order valence-electron chi connectivity index (χ4n) is 3.62. The Morgan fingerprint density at radius 3 is 2.30 bits per heavy atom. The van der Waals surface area contributed by atoms with Gasteiger partial charge in [0.25, 0.3) is 11.8 Å². The summed E-state index contributed by atoms with van der Waals surface area (Å²) < 4.78 is 36.8. The van der Waals surface area contributed by atoms with Crippen molar-refractivity contribution in [1.82, 2.24) is 10.4 Å². The Morgan fingerprint density at radius 1 is 1.03 bits per heavy atom. The van der Waals surface area contributed by atoms with Crippen molar-refractivity contribution >= 4 is 11.8 Å². The van der Waals surface area contributed by atoms with Crippen molar-refractivity contribution < 1.29 is 32.9 Å². The van der Waals surface area contributed by atoms with E-state index >= 15 is 4.39 Å². The van der Waals surface area contributed by atoms with Crippen LogP contribution in [0.1, 0.15) is 52.6 Å². The zero-order valence-corrected chi connectivity index (χ0v) is 19.9. The van der Waals surface area contributed by atoms with E-state index in [1.54, 1.807) is 46.8 Å². The van der Waals surface area contributed by atoms with Gasteiger partial charge in [0.15, 0.2) is 23.1 Å². The van der Waals surface area contributed by atoms with E-state index in [0.717, 1.165) is 5.01 Å². The number of rotatable bonds is 4. The fraction of sp³-hybridized carbons (Fsp3) is 0.417. The molecule has 2 aromatic rings. The predicted octanol–water partition coefficient (Wildman–Crippen LogP) is 3.82. The van der Waals surface area contributed by atoms with E-state index in [9.17, 15) is 9.59 Å². The van der Waals surface area contributed by atoms with E-state index in [4.69, 9.17) is 18.9 Å². The Bertz CT molecular complexity index is 1090. The van der Waals surface area contributed by atoms with Crippen LogP contribution in [0.25, 0.3) is 0 Å². The number of hydrazine groups is 1. The Kier molecular flexibility index (Phi) is 6.71. The number of hydrogen-bond acceptors (Lipinski definition) is 6. The molecule has 0 saturated heterocycles. The number of methoxy groups -OCH3 is 2. The highest BCUT2D eigenvalue weighted by Crippen LogP contribution is 2.36. The number of nitrogens with zero attached hydrogens (tertiary/aromatic N) is 1. The first kappa shape index (κ1) is 24.2. The number of amides is 2. The summed E-state index contributed by atoms with van der Waals surface area (Å²) in [5.41, 5.74) is 2.77. The smallest absolute Gasteiger partial charge is 0.276 e. The zero-order chi connectivity index (χ0) is 24.5. The molecule has 1 N–H and O–H groups in total. The van der Waals surface area contributed by atoms with Crippen LogP contribution in [0.4, 0.5) is 4.39 Å². The van der Waals surface area contributed by atoms with Crippen molar-refractivity contribution in [1.29, 1.82) is 0 Å². The molecular formula is C24H29FN2O6. The first-order chi connectivity index (χ1) is 15.5. The molecule has 2 amide bonds. The molecule has 1 heterocycles. The van der Waals surface area contributed by atoms with Gasteiger partial charge in [0.1, 0.15) is 19.0 Å². The van der Waals surface area contributed by atoms with Crippen molar-refractivity contribution in [3.8, 4) is 23.0 Å². The standard InChI is InChI=1S/C24H29FN2O6/c1-13-15(8-9-17-20(13)33-11-10-32-17)22(28)26-27(24(3,4)5)23(29)16-12-18(30-6)14(2)21(31-7)19(16)25/h8-9,12H,10-11H2,1-7H3,(H,26,28). The quantitative estimate of drug-likeness (QED) is 0.699. The average molecular weight is 461 g/mol. The fourth-order valence-corrected chi connectivity index (χ4v) is 3.62. The van der Waals surface area contributed by atoms with Gasteiger partial charge in [0.05, 0.1) is 25.3 Å². The largest absolute Gasteiger partial charge is 0.496 e. The molecular weight excluding hydrogens is 431 g/mol. The van der Waals surface area contributed by atoms with Crippen molar-refractivity contribution in [3.05, 3.63) is 46.3 Å². The number of halogens is 1. The Morgan fingerprint density at radius 2 is 1.70 bits per heavy atom. The van der Waals surface area contributed by atoms with E-state index in [1.165, 1.54) is 20.3 Å². The average Bonchev–Trinajstić information content (AvgIpc) is 2.77. The van der Waals surface area contributed by atoms with Crippen LogP contribution in [0.3, 0.4) is 0 Å². The first-order valence-corrected chi connectivity index (χ1v) is 10.5. The summed E-state index contributed by atoms with van der Waals surface area (Å²) in [7, 11) is 2.73. The number of carbonyl (C=O) groups is 2. The number of carbonyl (C=O) groups excluding carboxylic acids is 2. The van der Waals surface area contributed by atoms with Crippen LogP contribution >= 0.6 is 0 Å². The highest BCUT2D eigenvalue weighted by molar-refractivity contribution is 6.01. The lowest BCUT2D eigenvalue weighted by molar-refractivity contribution is 0.0353. The topological polar surface area (TPSA) is 86.3 Å². The monoisotopic (exact) mass is 460 g/mol. The van der Waals surface area contributed by atoms with Gasteiger partial charge in [-0.3, -0.25) is 15.0 Å². The SMILES string of the molecule is COc1cc(C(=O)N(NC(=O)c2ccc3c(c2C)OCCO3)C(C)(C)C)c(F)c(OC)c1C. The van der Waals surface area contributed by atoms with E-state index in [2.05, 4.69) is 5.43 Å². The molecule has 0 aliphatic carbocycles. The van der Waals surface area contributed by atoms with Crippen molar-refractivity contribution in [2.75, 3.05) is 27.4 Å². The molecule has 9 heteroatoms. The van der Waals surface area contributed by atoms with Gasteiger partial charge in [-0.25, -0.2) is 9.40 Å². The van der Waals surface area contributed by atoms with E-state index < -0.39 is 23.2 Å². The van der Waals surface area contributed by atoms with E-state index in [-0.39, 0.29) is 11.3 Å². The molecule has 0 saturated carbocycles. The Labute approximate surface area is 192 Å². The van der Waals surface area contributed by atoms with Gasteiger partial charge < -0.3 is 18.9 Å². The third-order valence-electron chi connectivity index (χ3n) is 5.36. The maximum atomic E-state index is 15.2. The van der Waals surface area contributed by atoms with Gasteiger partial charge >= 0.3 is 0 Å². The Balaban J connectivity index is 2.00. The summed E-state index contributed by atoms with van der Waals surface area (Å²) in [4.78, 5) is 26.6. The van der Waals surface area contributed by atoms with Crippen molar-refractivity contribution in [3.63, 3.8) is 0 Å². The number of fused-ring (bicyclic) bond motifs is 1. The first-order valence-electron chi connectivity index (χ1n) is 10.5. The lowest BCUT2D eigenvalue weighted by Crippen LogP contribution is -2.56. The highest BCUT2D eigenvalue weighted by atomic mass is 19.1. The second-order valence-corrected chi connectivity index (χ2v) is 8.61. The minimum atomic E-state index is -0.883. The van der Waals surface area contributed by atoms with E-state index in [0.29, 0.717) is 47.2 Å². The number of ether oxygens (including phenoxy) is 4. The number of benzene rings is 2. The summed E-state index contributed by atoms with van der Waals surface area (Å²) in [6.45, 7) is 9.35. The number of hydrogen-bond donors (Lipinski definition) is 1. The lowest BCUT2D eigenvalue weighted by Gasteiger charge is -2.36. The molecule has 0 fully saturated rings. The summed E-state index contributed by atoms with van der Waals surface area (Å²) in [6.07, 6.45) is 0. The molecule has 0 aromatic heterocycles. The van der Waals surface area contributed by atoms with E-state index in [1.807, 2.05) is 0 Å². The molecule has 178 valence electrons. The highest BCUT2D eigenvalue weighted by Gasteiger charge is 2.34. The van der Waals surface area contributed by atoms with Crippen molar-refractivity contribution in [2.45, 2.75) is 40.2 Å². The van der Waals surface area contributed by atoms with Crippen LogP contribution in [0, 0.1) is 19.7 Å². The van der Waals surface area contributed by atoms with Gasteiger partial charge in [0, 0.05) is 16.7 Å². The maximum Gasteiger partial charge on any atom is 0.276 e. The minimum absolute atomic E-state index is 0.0967. The normalized spacial score (nSPS) is 12.7. The van der Waals surface area contributed by atoms with Crippen LogP contribution in [0.15, 0.2) is 18.2 Å². The third kappa shape index (κ3) is 4.53. The molecule has 0 atom stereocenters. The molecule has 1 aliphatic heterocycles. The van der Waals surface area contributed by atoms with Gasteiger partial charge in [-0.15, -0.1) is 0 Å². The van der Waals surface area contributed by atoms with Crippen LogP contribution in [-0.2, 0) is 0 Å². The molecule has 0 spiro atoms. The van der Waals surface area contributed by atoms with Crippen LogP contribution in [0.5, 0.6) is 23.0 Å².